The zero-order chi connectivity index (χ0) is 25.8. The van der Waals surface area contributed by atoms with Gasteiger partial charge in [0.15, 0.2) is 0 Å². The standard InChI is InChI=1S/C23H24Cl2N4O5S/c1-27(15-16-5-7-17(8-6-16)22-26-11-13-29(22)23(31)32)21(30)4-3-12-28(2)35(33,34)20-10-9-18(24)14-19(20)25/h3-10,14H,11-13,15H2,1-2H3,(H,31,32)/b4-3+. The summed E-state index contributed by atoms with van der Waals surface area (Å²) in [4.78, 5) is 30.6. The Kier molecular flexibility index (Phi) is 8.55. The second-order valence-corrected chi connectivity index (χ2v) is 10.7. The van der Waals surface area contributed by atoms with Crippen molar-refractivity contribution in [2.24, 2.45) is 4.99 Å². The molecule has 1 N–H and O–H groups in total. The summed E-state index contributed by atoms with van der Waals surface area (Å²) in [6.45, 7) is 1.04. The monoisotopic (exact) mass is 538 g/mol. The zero-order valence-corrected chi connectivity index (χ0v) is 21.4. The third-order valence-electron chi connectivity index (χ3n) is 5.28. The van der Waals surface area contributed by atoms with Gasteiger partial charge in [0.2, 0.25) is 15.9 Å². The summed E-state index contributed by atoms with van der Waals surface area (Å²) in [6, 6.07) is 11.3. The Labute approximate surface area is 213 Å². The first-order chi connectivity index (χ1) is 16.5. The molecule has 0 radical (unpaired) electrons. The highest BCUT2D eigenvalue weighted by Crippen LogP contribution is 2.27. The van der Waals surface area contributed by atoms with Crippen molar-refractivity contribution in [2.75, 3.05) is 33.7 Å². The van der Waals surface area contributed by atoms with Crippen LogP contribution in [0.3, 0.4) is 0 Å². The number of aliphatic imine (C=N–C) groups is 1. The predicted octanol–water partition coefficient (Wildman–Crippen LogP) is 3.57. The van der Waals surface area contributed by atoms with Gasteiger partial charge < -0.3 is 10.0 Å². The Bertz CT molecular complexity index is 1280. The summed E-state index contributed by atoms with van der Waals surface area (Å²) in [7, 11) is -0.841. The SMILES string of the molecule is CN(Cc1ccc(C2=NCCN2C(=O)O)cc1)C(=O)/C=C/CN(C)S(=O)(=O)c1ccc(Cl)cc1Cl. The molecule has 0 aromatic heterocycles. The van der Waals surface area contributed by atoms with Crippen LogP contribution >= 0.6 is 23.2 Å². The Morgan fingerprint density at radius 2 is 1.83 bits per heavy atom. The number of halogens is 2. The number of rotatable bonds is 8. The van der Waals surface area contributed by atoms with Crippen LogP contribution in [0.15, 0.2) is 64.5 Å². The van der Waals surface area contributed by atoms with Gasteiger partial charge in [-0.2, -0.15) is 4.31 Å². The van der Waals surface area contributed by atoms with Crippen LogP contribution in [0.25, 0.3) is 0 Å². The minimum atomic E-state index is -3.86. The molecule has 0 spiro atoms. The zero-order valence-electron chi connectivity index (χ0n) is 19.1. The van der Waals surface area contributed by atoms with Crippen molar-refractivity contribution in [1.82, 2.24) is 14.1 Å². The molecule has 0 bridgehead atoms. The minimum absolute atomic E-state index is 0.0193. The van der Waals surface area contributed by atoms with Crippen molar-refractivity contribution >= 4 is 51.1 Å². The first kappa shape index (κ1) is 26.7. The molecule has 3 rings (SSSR count). The topological polar surface area (TPSA) is 111 Å². The average molecular weight is 539 g/mol. The van der Waals surface area contributed by atoms with Gasteiger partial charge in [0.1, 0.15) is 10.7 Å². The van der Waals surface area contributed by atoms with E-state index in [9.17, 15) is 23.1 Å². The number of nitrogens with zero attached hydrogens (tertiary/aromatic N) is 4. The van der Waals surface area contributed by atoms with Gasteiger partial charge in [0, 0.05) is 43.8 Å². The van der Waals surface area contributed by atoms with Crippen molar-refractivity contribution in [3.05, 3.63) is 75.8 Å². The molecule has 1 heterocycles. The molecule has 2 aromatic carbocycles. The van der Waals surface area contributed by atoms with Gasteiger partial charge in [-0.1, -0.05) is 53.5 Å². The second-order valence-electron chi connectivity index (χ2n) is 7.79. The molecule has 1 aliphatic rings. The van der Waals surface area contributed by atoms with Crippen molar-refractivity contribution in [3.8, 4) is 0 Å². The quantitative estimate of drug-likeness (QED) is 0.516. The van der Waals surface area contributed by atoms with Crippen molar-refractivity contribution in [3.63, 3.8) is 0 Å². The smallest absolute Gasteiger partial charge is 0.413 e. The van der Waals surface area contributed by atoms with Crippen LogP contribution in [0.1, 0.15) is 11.1 Å². The third-order valence-corrected chi connectivity index (χ3v) is 7.83. The number of hydrogen-bond donors (Lipinski definition) is 1. The Hall–Kier alpha value is -2.92. The molecule has 2 aromatic rings. The lowest BCUT2D eigenvalue weighted by atomic mass is 10.1. The summed E-state index contributed by atoms with van der Waals surface area (Å²) >= 11 is 11.9. The molecule has 12 heteroatoms. The van der Waals surface area contributed by atoms with Crippen LogP contribution < -0.4 is 0 Å². The van der Waals surface area contributed by atoms with Gasteiger partial charge in [-0.05, 0) is 23.8 Å². The van der Waals surface area contributed by atoms with Crippen LogP contribution in [-0.2, 0) is 21.4 Å². The van der Waals surface area contributed by atoms with Gasteiger partial charge >= 0.3 is 6.09 Å². The lowest BCUT2D eigenvalue weighted by Gasteiger charge is -2.18. The van der Waals surface area contributed by atoms with Gasteiger partial charge in [0.25, 0.3) is 0 Å². The van der Waals surface area contributed by atoms with E-state index in [1.54, 1.807) is 31.3 Å². The summed E-state index contributed by atoms with van der Waals surface area (Å²) in [6.07, 6.45) is 1.72. The fourth-order valence-electron chi connectivity index (χ4n) is 3.37. The van der Waals surface area contributed by atoms with E-state index in [4.69, 9.17) is 23.2 Å². The molecule has 0 saturated heterocycles. The Morgan fingerprint density at radius 1 is 1.14 bits per heavy atom. The number of carbonyl (C=O) groups excluding carboxylic acids is 1. The number of hydrogen-bond acceptors (Lipinski definition) is 5. The largest absolute Gasteiger partial charge is 0.465 e. The molecular weight excluding hydrogens is 515 g/mol. The van der Waals surface area contributed by atoms with Crippen LogP contribution in [0.4, 0.5) is 4.79 Å². The van der Waals surface area contributed by atoms with E-state index in [-0.39, 0.29) is 22.4 Å². The predicted molar refractivity (Wildman–Crippen MR) is 134 cm³/mol. The third kappa shape index (κ3) is 6.40. The maximum Gasteiger partial charge on any atom is 0.413 e. The number of amidine groups is 1. The summed E-state index contributed by atoms with van der Waals surface area (Å²) in [5, 5.41) is 9.60. The lowest BCUT2D eigenvalue weighted by molar-refractivity contribution is -0.125. The first-order valence-electron chi connectivity index (χ1n) is 10.5. The van der Waals surface area contributed by atoms with E-state index in [1.165, 1.54) is 47.2 Å². The van der Waals surface area contributed by atoms with Gasteiger partial charge in [-0.25, -0.2) is 13.2 Å². The van der Waals surface area contributed by atoms with Crippen molar-refractivity contribution < 1.29 is 23.1 Å². The minimum Gasteiger partial charge on any atom is -0.465 e. The van der Waals surface area contributed by atoms with Crippen LogP contribution in [-0.4, -0.2) is 79.2 Å². The highest BCUT2D eigenvalue weighted by molar-refractivity contribution is 7.89. The van der Waals surface area contributed by atoms with E-state index in [1.807, 2.05) is 0 Å². The van der Waals surface area contributed by atoms with Gasteiger partial charge in [0.05, 0.1) is 18.1 Å². The van der Waals surface area contributed by atoms with E-state index >= 15 is 0 Å². The van der Waals surface area contributed by atoms with Crippen molar-refractivity contribution in [2.45, 2.75) is 11.4 Å². The van der Waals surface area contributed by atoms with E-state index < -0.39 is 16.1 Å². The molecule has 186 valence electrons. The number of likely N-dealkylation sites (N-methyl/N-ethyl adjacent to an activating group) is 2. The highest BCUT2D eigenvalue weighted by atomic mass is 35.5. The lowest BCUT2D eigenvalue weighted by Crippen LogP contribution is -2.33. The maximum absolute atomic E-state index is 12.7. The molecule has 0 fully saturated rings. The van der Waals surface area contributed by atoms with Gasteiger partial charge in [-0.3, -0.25) is 14.7 Å². The van der Waals surface area contributed by atoms with Crippen LogP contribution in [0, 0.1) is 0 Å². The number of sulfonamides is 1. The molecule has 0 atom stereocenters. The van der Waals surface area contributed by atoms with Gasteiger partial charge in [-0.15, -0.1) is 0 Å². The van der Waals surface area contributed by atoms with Crippen LogP contribution in [0.5, 0.6) is 0 Å². The molecular formula is C23H24Cl2N4O5S. The van der Waals surface area contributed by atoms with E-state index in [0.29, 0.717) is 36.1 Å². The average Bonchev–Trinajstić information content (AvgIpc) is 3.29. The molecule has 35 heavy (non-hydrogen) atoms. The summed E-state index contributed by atoms with van der Waals surface area (Å²) in [5.74, 6) is 0.108. The van der Waals surface area contributed by atoms with Crippen molar-refractivity contribution in [1.29, 1.82) is 0 Å². The molecule has 0 aliphatic carbocycles. The highest BCUT2D eigenvalue weighted by Gasteiger charge is 2.24. The summed E-state index contributed by atoms with van der Waals surface area (Å²) < 4.78 is 26.5. The Morgan fingerprint density at radius 3 is 2.46 bits per heavy atom. The number of benzene rings is 2. The Balaban J connectivity index is 1.57. The number of carbonyl (C=O) groups is 2. The first-order valence-corrected chi connectivity index (χ1v) is 12.7. The van der Waals surface area contributed by atoms with E-state index in [2.05, 4.69) is 4.99 Å². The number of amides is 2. The molecule has 2 amide bonds. The fourth-order valence-corrected chi connectivity index (χ4v) is 5.24. The number of carboxylic acid groups (broad SMARTS) is 1. The van der Waals surface area contributed by atoms with E-state index in [0.717, 1.165) is 9.87 Å². The maximum atomic E-state index is 12.7. The molecule has 9 nitrogen and oxygen atoms in total. The summed E-state index contributed by atoms with van der Waals surface area (Å²) in [5.41, 5.74) is 1.53. The van der Waals surface area contributed by atoms with Crippen LogP contribution in [0.2, 0.25) is 10.0 Å². The molecule has 0 saturated carbocycles. The normalized spacial score (nSPS) is 14.0. The molecule has 0 unspecified atom stereocenters. The molecule has 1 aliphatic heterocycles. The fraction of sp³-hybridized carbons (Fsp3) is 0.261. The second kappa shape index (κ2) is 11.2.